The number of nitrogens with zero attached hydrogens (tertiary/aromatic N) is 2. The van der Waals surface area contributed by atoms with Gasteiger partial charge in [-0.3, -0.25) is 14.5 Å². The number of likely N-dealkylation sites (tertiary alicyclic amines) is 1. The molecule has 34 heavy (non-hydrogen) atoms. The van der Waals surface area contributed by atoms with Crippen LogP contribution in [0.15, 0.2) is 11.6 Å². The highest BCUT2D eigenvalue weighted by Crippen LogP contribution is 2.30. The molecule has 2 N–H and O–H groups in total. The highest BCUT2D eigenvalue weighted by molar-refractivity contribution is 5.91. The molecular formula is C27H47N3O4. The van der Waals surface area contributed by atoms with Crippen LogP contribution in [0.3, 0.4) is 0 Å². The second-order valence-electron chi connectivity index (χ2n) is 11.7. The maximum absolute atomic E-state index is 13.7. The fourth-order valence-electron chi connectivity index (χ4n) is 5.40. The number of nitrogens with one attached hydrogen (secondary N) is 1. The van der Waals surface area contributed by atoms with Gasteiger partial charge in [0.2, 0.25) is 11.8 Å². The SMILES string of the molecule is C/C(=C\[C@H](C(C)C)N(C)C(=O)C(NC(=O)C1CCCCN1C1CCCCC1)C(C)(C)C)C(=O)O. The van der Waals surface area contributed by atoms with Crippen molar-refractivity contribution in [2.24, 2.45) is 11.3 Å². The lowest BCUT2D eigenvalue weighted by molar-refractivity contribution is -0.142. The van der Waals surface area contributed by atoms with Gasteiger partial charge in [0.1, 0.15) is 6.04 Å². The van der Waals surface area contributed by atoms with Gasteiger partial charge in [-0.1, -0.05) is 66.4 Å². The van der Waals surface area contributed by atoms with Crippen LogP contribution in [0.4, 0.5) is 0 Å². The summed E-state index contributed by atoms with van der Waals surface area (Å²) in [5.74, 6) is -1.20. The van der Waals surface area contributed by atoms with Crippen LogP contribution >= 0.6 is 0 Å². The summed E-state index contributed by atoms with van der Waals surface area (Å²) in [6.07, 6.45) is 10.7. The van der Waals surface area contributed by atoms with Crippen molar-refractivity contribution in [2.45, 2.75) is 117 Å². The Labute approximate surface area is 206 Å². The van der Waals surface area contributed by atoms with Gasteiger partial charge in [0, 0.05) is 18.7 Å². The van der Waals surface area contributed by atoms with Gasteiger partial charge in [-0.25, -0.2) is 4.79 Å². The topological polar surface area (TPSA) is 90.0 Å². The summed E-state index contributed by atoms with van der Waals surface area (Å²) in [6.45, 7) is 12.3. The summed E-state index contributed by atoms with van der Waals surface area (Å²) in [7, 11) is 1.71. The van der Waals surface area contributed by atoms with E-state index in [2.05, 4.69) is 10.2 Å². The molecular weight excluding hydrogens is 430 g/mol. The molecule has 0 spiro atoms. The Morgan fingerprint density at radius 3 is 2.15 bits per heavy atom. The lowest BCUT2D eigenvalue weighted by Crippen LogP contribution is -2.61. The van der Waals surface area contributed by atoms with Gasteiger partial charge in [0.25, 0.3) is 0 Å². The Morgan fingerprint density at radius 2 is 1.62 bits per heavy atom. The van der Waals surface area contributed by atoms with Crippen LogP contribution < -0.4 is 5.32 Å². The Balaban J connectivity index is 2.23. The van der Waals surface area contributed by atoms with Crippen LogP contribution in [0.25, 0.3) is 0 Å². The highest BCUT2D eigenvalue weighted by Gasteiger charge is 2.40. The molecule has 1 saturated heterocycles. The van der Waals surface area contributed by atoms with E-state index in [1.165, 1.54) is 19.3 Å². The first-order chi connectivity index (χ1) is 15.8. The number of carboxylic acid groups (broad SMARTS) is 1. The van der Waals surface area contributed by atoms with Gasteiger partial charge < -0.3 is 15.3 Å². The number of aliphatic carboxylic acids is 1. The lowest BCUT2D eigenvalue weighted by atomic mass is 9.84. The molecule has 0 aromatic heterocycles. The highest BCUT2D eigenvalue weighted by atomic mass is 16.4. The zero-order chi connectivity index (χ0) is 25.6. The summed E-state index contributed by atoms with van der Waals surface area (Å²) in [6, 6.07) is -0.792. The van der Waals surface area contributed by atoms with E-state index in [9.17, 15) is 19.5 Å². The van der Waals surface area contributed by atoms with Crippen molar-refractivity contribution in [1.82, 2.24) is 15.1 Å². The van der Waals surface area contributed by atoms with Crippen molar-refractivity contribution in [3.8, 4) is 0 Å². The van der Waals surface area contributed by atoms with Crippen molar-refractivity contribution in [3.05, 3.63) is 11.6 Å². The third kappa shape index (κ3) is 7.30. The van der Waals surface area contributed by atoms with Crippen molar-refractivity contribution in [2.75, 3.05) is 13.6 Å². The fourth-order valence-corrected chi connectivity index (χ4v) is 5.40. The van der Waals surface area contributed by atoms with Crippen LogP contribution in [-0.2, 0) is 14.4 Å². The molecule has 1 saturated carbocycles. The minimum Gasteiger partial charge on any atom is -0.478 e. The minimum absolute atomic E-state index is 0.0275. The Bertz CT molecular complexity index is 749. The van der Waals surface area contributed by atoms with Crippen LogP contribution in [0, 0.1) is 11.3 Å². The molecule has 2 aliphatic rings. The average Bonchev–Trinajstić information content (AvgIpc) is 2.79. The quantitative estimate of drug-likeness (QED) is 0.511. The third-order valence-corrected chi connectivity index (χ3v) is 7.53. The maximum atomic E-state index is 13.7. The predicted octanol–water partition coefficient (Wildman–Crippen LogP) is 4.22. The fraction of sp³-hybridized carbons (Fsp3) is 0.815. The van der Waals surface area contributed by atoms with Crippen molar-refractivity contribution >= 4 is 17.8 Å². The van der Waals surface area contributed by atoms with Crippen molar-refractivity contribution < 1.29 is 19.5 Å². The summed E-state index contributed by atoms with van der Waals surface area (Å²) in [5.41, 5.74) is -0.279. The molecule has 0 bridgehead atoms. The standard InChI is InChI=1S/C27H47N3O4/c1-18(2)22(17-19(3)26(33)34)29(7)25(32)23(27(4,5)6)28-24(31)21-15-11-12-16-30(21)20-13-9-8-10-14-20/h17-18,20-23H,8-16H2,1-7H3,(H,28,31)(H,33,34)/b19-17+/t21?,22-,23?/m1/s1. The van der Waals surface area contributed by atoms with Crippen LogP contribution in [0.5, 0.6) is 0 Å². The summed E-state index contributed by atoms with van der Waals surface area (Å²) in [5, 5.41) is 12.5. The largest absolute Gasteiger partial charge is 0.478 e. The van der Waals surface area contributed by atoms with E-state index in [4.69, 9.17) is 0 Å². The molecule has 3 atom stereocenters. The van der Waals surface area contributed by atoms with Gasteiger partial charge >= 0.3 is 5.97 Å². The average molecular weight is 478 g/mol. The molecule has 0 radical (unpaired) electrons. The van der Waals surface area contributed by atoms with E-state index in [-0.39, 0.29) is 35.4 Å². The van der Waals surface area contributed by atoms with Crippen LogP contribution in [0.2, 0.25) is 0 Å². The third-order valence-electron chi connectivity index (χ3n) is 7.53. The predicted molar refractivity (Wildman–Crippen MR) is 135 cm³/mol. The first kappa shape index (κ1) is 28.3. The Morgan fingerprint density at radius 1 is 1.03 bits per heavy atom. The summed E-state index contributed by atoms with van der Waals surface area (Å²) < 4.78 is 0. The van der Waals surface area contributed by atoms with Crippen molar-refractivity contribution in [3.63, 3.8) is 0 Å². The second kappa shape index (κ2) is 12.2. The number of piperidine rings is 1. The van der Waals surface area contributed by atoms with E-state index < -0.39 is 17.4 Å². The number of hydrogen-bond acceptors (Lipinski definition) is 4. The molecule has 7 heteroatoms. The second-order valence-corrected chi connectivity index (χ2v) is 11.7. The van der Waals surface area contributed by atoms with Gasteiger partial charge in [-0.15, -0.1) is 0 Å². The lowest BCUT2D eigenvalue weighted by Gasteiger charge is -2.43. The van der Waals surface area contributed by atoms with Crippen LogP contribution in [0.1, 0.15) is 92.9 Å². The van der Waals surface area contributed by atoms with E-state index in [0.717, 1.165) is 38.6 Å². The molecule has 0 aromatic rings. The van der Waals surface area contributed by atoms with E-state index >= 15 is 0 Å². The molecule has 0 aromatic carbocycles. The first-order valence-electron chi connectivity index (χ1n) is 13.1. The molecule has 2 fully saturated rings. The molecule has 7 nitrogen and oxygen atoms in total. The van der Waals surface area contributed by atoms with Crippen molar-refractivity contribution in [1.29, 1.82) is 0 Å². The molecule has 1 aliphatic carbocycles. The van der Waals surface area contributed by atoms with E-state index in [0.29, 0.717) is 6.04 Å². The number of carbonyl (C=O) groups is 3. The van der Waals surface area contributed by atoms with Gasteiger partial charge in [0.15, 0.2) is 0 Å². The Hall–Kier alpha value is -1.89. The monoisotopic (exact) mass is 477 g/mol. The number of carboxylic acids is 1. The molecule has 2 amide bonds. The smallest absolute Gasteiger partial charge is 0.331 e. The van der Waals surface area contributed by atoms with Gasteiger partial charge in [-0.2, -0.15) is 0 Å². The molecule has 194 valence electrons. The molecule has 1 heterocycles. The normalized spacial score (nSPS) is 22.8. The number of rotatable bonds is 8. The zero-order valence-corrected chi connectivity index (χ0v) is 22.4. The van der Waals surface area contributed by atoms with E-state index in [1.54, 1.807) is 24.9 Å². The minimum atomic E-state index is -0.993. The van der Waals surface area contributed by atoms with Gasteiger partial charge in [0.05, 0.1) is 12.1 Å². The Kier molecular flexibility index (Phi) is 10.2. The molecule has 1 aliphatic heterocycles. The zero-order valence-electron chi connectivity index (χ0n) is 22.4. The van der Waals surface area contributed by atoms with Gasteiger partial charge in [-0.05, 0) is 50.5 Å². The van der Waals surface area contributed by atoms with E-state index in [1.807, 2.05) is 34.6 Å². The van der Waals surface area contributed by atoms with Crippen LogP contribution in [-0.4, -0.2) is 70.4 Å². The number of hydrogen-bond donors (Lipinski definition) is 2. The molecule has 2 rings (SSSR count). The first-order valence-corrected chi connectivity index (χ1v) is 13.1. The number of carbonyl (C=O) groups excluding carboxylic acids is 2. The maximum Gasteiger partial charge on any atom is 0.331 e. The number of likely N-dealkylation sites (N-methyl/N-ethyl adjacent to an activating group) is 1. The number of amides is 2. The molecule has 2 unspecified atom stereocenters. The summed E-state index contributed by atoms with van der Waals surface area (Å²) >= 11 is 0. The summed E-state index contributed by atoms with van der Waals surface area (Å²) in [4.78, 5) is 42.7.